The first kappa shape index (κ1) is 9.62. The summed E-state index contributed by atoms with van der Waals surface area (Å²) in [7, 11) is 6.82. The van der Waals surface area contributed by atoms with Gasteiger partial charge in [0.2, 0.25) is 0 Å². The molecule has 2 nitrogen and oxygen atoms in total. The molecule has 0 N–H and O–H groups in total. The van der Waals surface area contributed by atoms with Gasteiger partial charge in [0.15, 0.2) is 5.16 Å². The zero-order chi connectivity index (χ0) is 9.80. The highest BCUT2D eigenvalue weighted by molar-refractivity contribution is 8.21. The molecule has 0 unspecified atom stereocenters. The van der Waals surface area contributed by atoms with E-state index in [-0.39, 0.29) is 0 Å². The number of aromatic nitrogens is 2. The quantitative estimate of drug-likeness (QED) is 0.797. The zero-order valence-electron chi connectivity index (χ0n) is 7.43. The van der Waals surface area contributed by atoms with E-state index in [9.17, 15) is 0 Å². The number of rotatable bonds is 3. The van der Waals surface area contributed by atoms with Gasteiger partial charge in [0, 0.05) is 29.9 Å². The van der Waals surface area contributed by atoms with Crippen LogP contribution in [0.5, 0.6) is 0 Å². The highest BCUT2D eigenvalue weighted by Gasteiger charge is 2.01. The van der Waals surface area contributed by atoms with Crippen molar-refractivity contribution in [3.05, 3.63) is 48.3 Å². The fourth-order valence-electron chi connectivity index (χ4n) is 1.28. The highest BCUT2D eigenvalue weighted by atomic mass is 35.7. The van der Waals surface area contributed by atoms with Crippen LogP contribution in [0.1, 0.15) is 5.56 Å². The molecule has 1 aromatic heterocycles. The molecule has 0 saturated heterocycles. The Bertz CT molecular complexity index is 400. The van der Waals surface area contributed by atoms with Crippen molar-refractivity contribution in [2.75, 3.05) is 0 Å². The molecule has 0 amide bonds. The van der Waals surface area contributed by atoms with Crippen LogP contribution >= 0.6 is 21.7 Å². The van der Waals surface area contributed by atoms with Crippen LogP contribution in [-0.2, 0) is 6.54 Å². The molecule has 1 heterocycles. The molecular formula is C10H9ClN2S. The Morgan fingerprint density at radius 3 is 2.79 bits per heavy atom. The van der Waals surface area contributed by atoms with Crippen molar-refractivity contribution in [1.29, 1.82) is 0 Å². The predicted octanol–water partition coefficient (Wildman–Crippen LogP) is 3.18. The summed E-state index contributed by atoms with van der Waals surface area (Å²) in [5.74, 6) is 0. The molecule has 0 saturated carbocycles. The normalized spacial score (nSPS) is 10.4. The van der Waals surface area contributed by atoms with Gasteiger partial charge in [-0.3, -0.25) is 0 Å². The molecule has 0 radical (unpaired) electrons. The van der Waals surface area contributed by atoms with Crippen LogP contribution in [-0.4, -0.2) is 9.55 Å². The molecule has 2 aromatic rings. The molecule has 0 spiro atoms. The van der Waals surface area contributed by atoms with Crippen LogP contribution in [0.25, 0.3) is 0 Å². The first-order valence-corrected chi connectivity index (χ1v) is 5.88. The van der Waals surface area contributed by atoms with Gasteiger partial charge >= 0.3 is 0 Å². The lowest BCUT2D eigenvalue weighted by molar-refractivity contribution is 0.711. The summed E-state index contributed by atoms with van der Waals surface area (Å²) in [5, 5.41) is 0.829. The van der Waals surface area contributed by atoms with Crippen molar-refractivity contribution in [2.45, 2.75) is 11.7 Å². The van der Waals surface area contributed by atoms with Crippen LogP contribution < -0.4 is 0 Å². The first-order chi connectivity index (χ1) is 6.90. The molecule has 1 aromatic carbocycles. The molecule has 72 valence electrons. The maximum atomic E-state index is 5.67. The fourth-order valence-corrected chi connectivity index (χ4v) is 1.98. The Balaban J connectivity index is 2.19. The summed E-state index contributed by atoms with van der Waals surface area (Å²) in [5.41, 5.74) is 1.25. The van der Waals surface area contributed by atoms with Crippen molar-refractivity contribution >= 4 is 21.7 Å². The minimum Gasteiger partial charge on any atom is -0.321 e. The maximum absolute atomic E-state index is 5.67. The number of imidazole rings is 1. The fraction of sp³-hybridized carbons (Fsp3) is 0.100. The van der Waals surface area contributed by atoms with Crippen molar-refractivity contribution in [3.63, 3.8) is 0 Å². The Kier molecular flexibility index (Phi) is 3.11. The van der Waals surface area contributed by atoms with Crippen molar-refractivity contribution in [1.82, 2.24) is 9.55 Å². The molecule has 0 bridgehead atoms. The summed E-state index contributed by atoms with van der Waals surface area (Å²) < 4.78 is 2.02. The van der Waals surface area contributed by atoms with Crippen molar-refractivity contribution in [2.24, 2.45) is 0 Å². The first-order valence-electron chi connectivity index (χ1n) is 4.24. The van der Waals surface area contributed by atoms with Gasteiger partial charge < -0.3 is 4.57 Å². The van der Waals surface area contributed by atoms with Crippen LogP contribution in [0.2, 0.25) is 0 Å². The third-order valence-electron chi connectivity index (χ3n) is 1.94. The number of benzene rings is 1. The van der Waals surface area contributed by atoms with E-state index in [0.717, 1.165) is 22.7 Å². The second-order valence-electron chi connectivity index (χ2n) is 2.90. The van der Waals surface area contributed by atoms with E-state index in [2.05, 4.69) is 17.1 Å². The van der Waals surface area contributed by atoms with Gasteiger partial charge in [-0.2, -0.15) is 0 Å². The van der Waals surface area contributed by atoms with E-state index in [4.69, 9.17) is 10.7 Å². The number of hydrogen-bond acceptors (Lipinski definition) is 2. The molecule has 0 aliphatic carbocycles. The molecular weight excluding hydrogens is 216 g/mol. The van der Waals surface area contributed by atoms with Gasteiger partial charge in [0.05, 0.1) is 0 Å². The lowest BCUT2D eigenvalue weighted by Gasteiger charge is -2.04. The lowest BCUT2D eigenvalue weighted by atomic mass is 10.2. The van der Waals surface area contributed by atoms with Gasteiger partial charge in [0.1, 0.15) is 0 Å². The molecule has 0 aliphatic rings. The van der Waals surface area contributed by atoms with Crippen molar-refractivity contribution < 1.29 is 0 Å². The summed E-state index contributed by atoms with van der Waals surface area (Å²) in [6.45, 7) is 0.815. The lowest BCUT2D eigenvalue weighted by Crippen LogP contribution is -1.98. The molecule has 4 heteroatoms. The molecule has 0 aliphatic heterocycles. The summed E-state index contributed by atoms with van der Waals surface area (Å²) in [4.78, 5) is 4.12. The summed E-state index contributed by atoms with van der Waals surface area (Å²) in [6, 6.07) is 10.2. The third kappa shape index (κ3) is 2.11. The minimum absolute atomic E-state index is 0.815. The van der Waals surface area contributed by atoms with Crippen LogP contribution in [0, 0.1) is 0 Å². The van der Waals surface area contributed by atoms with Crippen LogP contribution in [0.15, 0.2) is 47.9 Å². The Morgan fingerprint density at radius 1 is 1.29 bits per heavy atom. The van der Waals surface area contributed by atoms with Gasteiger partial charge in [-0.15, -0.1) is 0 Å². The average Bonchev–Trinajstić information content (AvgIpc) is 2.67. The van der Waals surface area contributed by atoms with Gasteiger partial charge in [0.25, 0.3) is 0 Å². The SMILES string of the molecule is ClSc1nccn1Cc1ccccc1. The van der Waals surface area contributed by atoms with E-state index in [1.807, 2.05) is 29.0 Å². The molecule has 2 rings (SSSR count). The monoisotopic (exact) mass is 224 g/mol. The third-order valence-corrected chi connectivity index (χ3v) is 2.83. The predicted molar refractivity (Wildman–Crippen MR) is 59.5 cm³/mol. The van der Waals surface area contributed by atoms with E-state index >= 15 is 0 Å². The van der Waals surface area contributed by atoms with E-state index in [0.29, 0.717) is 0 Å². The standard InChI is InChI=1S/C10H9ClN2S/c11-14-10-12-6-7-13(10)8-9-4-2-1-3-5-9/h1-7H,8H2. The number of nitrogens with zero attached hydrogens (tertiary/aromatic N) is 2. The average molecular weight is 225 g/mol. The Hall–Kier alpha value is -0.930. The molecule has 14 heavy (non-hydrogen) atoms. The summed E-state index contributed by atoms with van der Waals surface area (Å²) in [6.07, 6.45) is 3.69. The Labute approximate surface area is 91.4 Å². The summed E-state index contributed by atoms with van der Waals surface area (Å²) >= 11 is 0. The number of halogens is 1. The second-order valence-corrected chi connectivity index (χ2v) is 3.88. The van der Waals surface area contributed by atoms with Gasteiger partial charge in [-0.05, 0) is 16.2 Å². The Morgan fingerprint density at radius 2 is 2.07 bits per heavy atom. The topological polar surface area (TPSA) is 17.8 Å². The van der Waals surface area contributed by atoms with Crippen molar-refractivity contribution in [3.8, 4) is 0 Å². The largest absolute Gasteiger partial charge is 0.321 e. The molecule has 0 atom stereocenters. The molecule has 0 fully saturated rings. The smallest absolute Gasteiger partial charge is 0.184 e. The van der Waals surface area contributed by atoms with Gasteiger partial charge in [-0.1, -0.05) is 30.3 Å². The van der Waals surface area contributed by atoms with Crippen LogP contribution in [0.4, 0.5) is 0 Å². The second kappa shape index (κ2) is 4.53. The van der Waals surface area contributed by atoms with Crippen LogP contribution in [0.3, 0.4) is 0 Å². The van der Waals surface area contributed by atoms with E-state index in [1.165, 1.54) is 5.56 Å². The van der Waals surface area contributed by atoms with E-state index in [1.54, 1.807) is 6.20 Å². The number of hydrogen-bond donors (Lipinski definition) is 0. The maximum Gasteiger partial charge on any atom is 0.184 e. The van der Waals surface area contributed by atoms with E-state index < -0.39 is 0 Å². The van der Waals surface area contributed by atoms with Gasteiger partial charge in [-0.25, -0.2) is 4.98 Å². The zero-order valence-corrected chi connectivity index (χ0v) is 9.00. The minimum atomic E-state index is 0.815. The highest BCUT2D eigenvalue weighted by Crippen LogP contribution is 2.20.